The first-order valence-corrected chi connectivity index (χ1v) is 9.09. The van der Waals surface area contributed by atoms with Gasteiger partial charge in [-0.15, -0.1) is 0 Å². The Morgan fingerprint density at radius 2 is 1.92 bits per heavy atom. The quantitative estimate of drug-likeness (QED) is 0.634. The Morgan fingerprint density at radius 3 is 2.65 bits per heavy atom. The standard InChI is InChI=1S/C19H13F3N2OS/c20-12-3-1-2-11(6-12)14-9-26-10-15-17(8-25)23-24(19(14)15)18-5-4-13(21)7-16(18)22/h1-8,14H,9-10H2. The number of aromatic nitrogens is 2. The summed E-state index contributed by atoms with van der Waals surface area (Å²) in [5.74, 6) is -0.898. The number of carbonyl (C=O) groups excluding carboxylic acids is 1. The summed E-state index contributed by atoms with van der Waals surface area (Å²) >= 11 is 1.60. The van der Waals surface area contributed by atoms with Gasteiger partial charge in [0.25, 0.3) is 0 Å². The van der Waals surface area contributed by atoms with Crippen LogP contribution in [0.3, 0.4) is 0 Å². The minimum absolute atomic E-state index is 0.0593. The maximum atomic E-state index is 14.4. The van der Waals surface area contributed by atoms with Crippen LogP contribution in [0.2, 0.25) is 0 Å². The smallest absolute Gasteiger partial charge is 0.170 e. The number of aldehydes is 1. The Hall–Kier alpha value is -2.54. The maximum absolute atomic E-state index is 14.4. The minimum atomic E-state index is -0.774. The number of thioether (sulfide) groups is 1. The molecule has 26 heavy (non-hydrogen) atoms. The summed E-state index contributed by atoms with van der Waals surface area (Å²) in [7, 11) is 0. The number of benzene rings is 2. The van der Waals surface area contributed by atoms with Crippen molar-refractivity contribution in [3.8, 4) is 5.69 Å². The van der Waals surface area contributed by atoms with Gasteiger partial charge in [0.05, 0.1) is 5.69 Å². The van der Waals surface area contributed by atoms with E-state index in [9.17, 15) is 18.0 Å². The molecule has 0 N–H and O–H groups in total. The molecule has 4 rings (SSSR count). The Bertz CT molecular complexity index is 1000. The van der Waals surface area contributed by atoms with Gasteiger partial charge in [-0.05, 0) is 29.8 Å². The van der Waals surface area contributed by atoms with E-state index in [1.807, 2.05) is 0 Å². The van der Waals surface area contributed by atoms with Crippen LogP contribution in [0.25, 0.3) is 5.69 Å². The first-order chi connectivity index (χ1) is 12.6. The number of nitrogens with zero attached hydrogens (tertiary/aromatic N) is 2. The molecule has 132 valence electrons. The monoisotopic (exact) mass is 374 g/mol. The van der Waals surface area contributed by atoms with E-state index in [2.05, 4.69) is 5.10 Å². The number of carbonyl (C=O) groups is 1. The normalized spacial score (nSPS) is 16.3. The van der Waals surface area contributed by atoms with Crippen LogP contribution < -0.4 is 0 Å². The van der Waals surface area contributed by atoms with E-state index in [0.29, 0.717) is 29.0 Å². The first kappa shape index (κ1) is 16.9. The highest BCUT2D eigenvalue weighted by Crippen LogP contribution is 2.40. The van der Waals surface area contributed by atoms with Crippen molar-refractivity contribution < 1.29 is 18.0 Å². The predicted molar refractivity (Wildman–Crippen MR) is 93.3 cm³/mol. The lowest BCUT2D eigenvalue weighted by atomic mass is 9.93. The molecule has 0 bridgehead atoms. The third-order valence-corrected chi connectivity index (χ3v) is 5.48. The lowest BCUT2D eigenvalue weighted by molar-refractivity contribution is 0.111. The van der Waals surface area contributed by atoms with Crippen molar-refractivity contribution in [1.82, 2.24) is 9.78 Å². The molecule has 2 heterocycles. The maximum Gasteiger partial charge on any atom is 0.170 e. The second-order valence-corrected chi connectivity index (χ2v) is 7.03. The van der Waals surface area contributed by atoms with Crippen molar-refractivity contribution in [3.63, 3.8) is 0 Å². The molecule has 0 amide bonds. The van der Waals surface area contributed by atoms with Crippen molar-refractivity contribution in [1.29, 1.82) is 0 Å². The molecule has 0 radical (unpaired) electrons. The molecule has 1 aromatic heterocycles. The van der Waals surface area contributed by atoms with Gasteiger partial charge < -0.3 is 0 Å². The van der Waals surface area contributed by atoms with Crippen LogP contribution in [0.5, 0.6) is 0 Å². The Balaban J connectivity index is 1.94. The van der Waals surface area contributed by atoms with Crippen LogP contribution in [-0.2, 0) is 5.75 Å². The molecule has 3 nitrogen and oxygen atoms in total. The fourth-order valence-corrected chi connectivity index (χ4v) is 4.46. The van der Waals surface area contributed by atoms with Gasteiger partial charge in [-0.1, -0.05) is 12.1 Å². The summed E-state index contributed by atoms with van der Waals surface area (Å²) in [5.41, 5.74) is 2.34. The minimum Gasteiger partial charge on any atom is -0.296 e. The van der Waals surface area contributed by atoms with E-state index >= 15 is 0 Å². The van der Waals surface area contributed by atoms with Crippen LogP contribution in [0.1, 0.15) is 33.2 Å². The molecular formula is C19H13F3N2OS. The molecule has 2 aromatic carbocycles. The van der Waals surface area contributed by atoms with Crippen molar-refractivity contribution in [2.24, 2.45) is 0 Å². The average molecular weight is 374 g/mol. The fourth-order valence-electron chi connectivity index (χ4n) is 3.25. The van der Waals surface area contributed by atoms with Gasteiger partial charge in [0, 0.05) is 29.1 Å². The molecule has 7 heteroatoms. The molecule has 0 aliphatic carbocycles. The van der Waals surface area contributed by atoms with Crippen LogP contribution in [0, 0.1) is 17.5 Å². The molecule has 0 saturated heterocycles. The summed E-state index contributed by atoms with van der Waals surface area (Å²) in [6.07, 6.45) is 0.630. The van der Waals surface area contributed by atoms with Crippen molar-refractivity contribution >= 4 is 18.0 Å². The molecule has 1 unspecified atom stereocenters. The zero-order valence-electron chi connectivity index (χ0n) is 13.5. The lowest BCUT2D eigenvalue weighted by Gasteiger charge is -2.25. The topological polar surface area (TPSA) is 34.9 Å². The van der Waals surface area contributed by atoms with Crippen molar-refractivity contribution in [2.45, 2.75) is 11.7 Å². The largest absolute Gasteiger partial charge is 0.296 e. The summed E-state index contributed by atoms with van der Waals surface area (Å²) in [6.45, 7) is 0. The Kier molecular flexibility index (Phi) is 4.32. The first-order valence-electron chi connectivity index (χ1n) is 7.94. The number of rotatable bonds is 3. The highest BCUT2D eigenvalue weighted by molar-refractivity contribution is 7.98. The van der Waals surface area contributed by atoms with Gasteiger partial charge in [-0.2, -0.15) is 16.9 Å². The van der Waals surface area contributed by atoms with E-state index < -0.39 is 11.6 Å². The van der Waals surface area contributed by atoms with Crippen LogP contribution in [-0.4, -0.2) is 21.8 Å². The molecule has 1 atom stereocenters. The van der Waals surface area contributed by atoms with Gasteiger partial charge in [0.2, 0.25) is 0 Å². The molecular weight excluding hydrogens is 361 g/mol. The fraction of sp³-hybridized carbons (Fsp3) is 0.158. The van der Waals surface area contributed by atoms with Crippen molar-refractivity contribution in [2.75, 3.05) is 5.75 Å². The zero-order valence-corrected chi connectivity index (χ0v) is 14.3. The van der Waals surface area contributed by atoms with Crippen LogP contribution in [0.4, 0.5) is 13.2 Å². The number of hydrogen-bond acceptors (Lipinski definition) is 3. The SMILES string of the molecule is O=Cc1nn(-c2ccc(F)cc2F)c2c1CSCC2c1cccc(F)c1. The molecule has 0 saturated carbocycles. The summed E-state index contributed by atoms with van der Waals surface area (Å²) in [4.78, 5) is 11.5. The van der Waals surface area contributed by atoms with Gasteiger partial charge >= 0.3 is 0 Å². The van der Waals surface area contributed by atoms with Gasteiger partial charge in [-0.25, -0.2) is 17.9 Å². The number of fused-ring (bicyclic) bond motifs is 1. The summed E-state index contributed by atoms with van der Waals surface area (Å²) in [6, 6.07) is 9.40. The van der Waals surface area contributed by atoms with E-state index in [0.717, 1.165) is 17.7 Å². The molecule has 1 aliphatic rings. The predicted octanol–water partition coefficient (Wildman–Crippen LogP) is 4.48. The number of hydrogen-bond donors (Lipinski definition) is 0. The third-order valence-electron chi connectivity index (χ3n) is 4.42. The highest BCUT2D eigenvalue weighted by Gasteiger charge is 2.31. The van der Waals surface area contributed by atoms with E-state index in [4.69, 9.17) is 0 Å². The van der Waals surface area contributed by atoms with E-state index in [-0.39, 0.29) is 23.1 Å². The van der Waals surface area contributed by atoms with E-state index in [1.165, 1.54) is 22.9 Å². The Labute approximate surface area is 151 Å². The number of halogens is 3. The molecule has 0 fully saturated rings. The molecule has 3 aromatic rings. The van der Waals surface area contributed by atoms with Crippen LogP contribution in [0.15, 0.2) is 42.5 Å². The van der Waals surface area contributed by atoms with E-state index in [1.54, 1.807) is 23.9 Å². The highest BCUT2D eigenvalue weighted by atomic mass is 32.2. The lowest BCUT2D eigenvalue weighted by Crippen LogP contribution is -2.17. The van der Waals surface area contributed by atoms with Gasteiger partial charge in [-0.3, -0.25) is 4.79 Å². The van der Waals surface area contributed by atoms with Gasteiger partial charge in [0.1, 0.15) is 23.0 Å². The second-order valence-electron chi connectivity index (χ2n) is 6.00. The van der Waals surface area contributed by atoms with Gasteiger partial charge in [0.15, 0.2) is 12.1 Å². The Morgan fingerprint density at radius 1 is 1.12 bits per heavy atom. The van der Waals surface area contributed by atoms with Crippen LogP contribution >= 0.6 is 11.8 Å². The zero-order chi connectivity index (χ0) is 18.3. The van der Waals surface area contributed by atoms with Crippen molar-refractivity contribution in [3.05, 3.63) is 82.4 Å². The third kappa shape index (κ3) is 2.82. The summed E-state index contributed by atoms with van der Waals surface area (Å²) in [5, 5.41) is 4.25. The summed E-state index contributed by atoms with van der Waals surface area (Å²) < 4.78 is 42.7. The average Bonchev–Trinajstić information content (AvgIpc) is 3.00. The molecule has 0 spiro atoms. The second kappa shape index (κ2) is 6.64. The molecule has 1 aliphatic heterocycles.